The average molecular weight is 425 g/mol. The van der Waals surface area contributed by atoms with Crippen LogP contribution in [-0.4, -0.2) is 51.5 Å². The fourth-order valence-electron chi connectivity index (χ4n) is 3.39. The lowest BCUT2D eigenvalue weighted by Gasteiger charge is -2.19. The first kappa shape index (κ1) is 22.0. The standard InChI is InChI=1S/C22H21F2N5O2/c1-3-4-16-5-7-17(8-6-16)12-28-13-19(15(2)27-28)21(31)26-11-20(30)29-14-22(23,24)9-18(29)10-25/h5-8,13,18H,9,11-12,14H2,1-2H3,(H,26,31)/t18-/m0/s1. The minimum atomic E-state index is -3.10. The van der Waals surface area contributed by atoms with Gasteiger partial charge < -0.3 is 10.2 Å². The molecule has 0 saturated carbocycles. The Balaban J connectivity index is 1.61. The van der Waals surface area contributed by atoms with Crippen LogP contribution >= 0.6 is 0 Å². The molecule has 2 aromatic rings. The van der Waals surface area contributed by atoms with Crippen molar-refractivity contribution in [3.8, 4) is 17.9 Å². The predicted molar refractivity (Wildman–Crippen MR) is 108 cm³/mol. The highest BCUT2D eigenvalue weighted by molar-refractivity contribution is 5.97. The van der Waals surface area contributed by atoms with Gasteiger partial charge in [-0.25, -0.2) is 8.78 Å². The number of halogens is 2. The molecule has 1 fully saturated rings. The van der Waals surface area contributed by atoms with Gasteiger partial charge in [-0.15, -0.1) is 5.92 Å². The predicted octanol–water partition coefficient (Wildman–Crippen LogP) is 2.10. The van der Waals surface area contributed by atoms with Crippen LogP contribution in [0, 0.1) is 30.1 Å². The van der Waals surface area contributed by atoms with E-state index < -0.39 is 43.3 Å². The van der Waals surface area contributed by atoms with Crippen molar-refractivity contribution >= 4 is 11.8 Å². The van der Waals surface area contributed by atoms with Gasteiger partial charge in [-0.2, -0.15) is 10.4 Å². The lowest BCUT2D eigenvalue weighted by Crippen LogP contribution is -2.43. The zero-order valence-electron chi connectivity index (χ0n) is 17.2. The molecule has 160 valence electrons. The van der Waals surface area contributed by atoms with Crippen molar-refractivity contribution in [2.75, 3.05) is 13.1 Å². The number of carbonyl (C=O) groups is 2. The molecule has 0 bridgehead atoms. The van der Waals surface area contributed by atoms with Gasteiger partial charge in [0.1, 0.15) is 6.04 Å². The quantitative estimate of drug-likeness (QED) is 0.743. The van der Waals surface area contributed by atoms with Gasteiger partial charge in [0.25, 0.3) is 11.8 Å². The lowest BCUT2D eigenvalue weighted by molar-refractivity contribution is -0.131. The summed E-state index contributed by atoms with van der Waals surface area (Å²) in [5.74, 6) is 1.44. The summed E-state index contributed by atoms with van der Waals surface area (Å²) in [6.07, 6.45) is 0.873. The second-order valence-electron chi connectivity index (χ2n) is 7.31. The third-order valence-corrected chi connectivity index (χ3v) is 4.90. The van der Waals surface area contributed by atoms with E-state index in [1.165, 1.54) is 0 Å². The number of nitrogens with zero attached hydrogens (tertiary/aromatic N) is 4. The van der Waals surface area contributed by atoms with Crippen molar-refractivity contribution in [3.63, 3.8) is 0 Å². The van der Waals surface area contributed by atoms with Gasteiger partial charge >= 0.3 is 0 Å². The Labute approximate surface area is 178 Å². The number of likely N-dealkylation sites (tertiary alicyclic amines) is 1. The van der Waals surface area contributed by atoms with Crippen LogP contribution < -0.4 is 5.32 Å². The Morgan fingerprint density at radius 2 is 2.03 bits per heavy atom. The van der Waals surface area contributed by atoms with Crippen LogP contribution in [0.15, 0.2) is 30.5 Å². The Hall–Kier alpha value is -3.72. The van der Waals surface area contributed by atoms with E-state index in [4.69, 9.17) is 5.26 Å². The molecule has 31 heavy (non-hydrogen) atoms. The first-order valence-electron chi connectivity index (χ1n) is 9.63. The molecule has 1 aromatic carbocycles. The Kier molecular flexibility index (Phi) is 6.36. The number of nitriles is 1. The van der Waals surface area contributed by atoms with Crippen molar-refractivity contribution in [1.82, 2.24) is 20.0 Å². The van der Waals surface area contributed by atoms with E-state index in [1.54, 1.807) is 30.8 Å². The van der Waals surface area contributed by atoms with Gasteiger partial charge in [0.2, 0.25) is 5.91 Å². The minimum Gasteiger partial charge on any atom is -0.343 e. The number of aryl methyl sites for hydroxylation is 1. The summed E-state index contributed by atoms with van der Waals surface area (Å²) in [6, 6.07) is 8.16. The van der Waals surface area contributed by atoms with E-state index in [1.807, 2.05) is 24.3 Å². The Morgan fingerprint density at radius 1 is 1.32 bits per heavy atom. The van der Waals surface area contributed by atoms with Crippen LogP contribution in [0.2, 0.25) is 0 Å². The van der Waals surface area contributed by atoms with Crippen molar-refractivity contribution in [2.45, 2.75) is 38.8 Å². The fourth-order valence-corrected chi connectivity index (χ4v) is 3.39. The molecule has 1 aromatic heterocycles. The largest absolute Gasteiger partial charge is 0.343 e. The van der Waals surface area contributed by atoms with E-state index in [2.05, 4.69) is 22.3 Å². The SMILES string of the molecule is CC#Cc1ccc(Cn2cc(C(=O)NCC(=O)N3CC(F)(F)C[C@H]3C#N)c(C)n2)cc1. The van der Waals surface area contributed by atoms with Gasteiger partial charge in [-0.05, 0) is 31.5 Å². The molecule has 1 atom stereocenters. The number of amides is 2. The molecule has 2 amide bonds. The molecule has 0 aliphatic carbocycles. The Morgan fingerprint density at radius 3 is 2.68 bits per heavy atom. The molecule has 3 rings (SSSR count). The lowest BCUT2D eigenvalue weighted by atomic mass is 10.1. The molecule has 7 nitrogen and oxygen atoms in total. The number of hydrogen-bond donors (Lipinski definition) is 1. The van der Waals surface area contributed by atoms with Gasteiger partial charge in [-0.3, -0.25) is 14.3 Å². The van der Waals surface area contributed by atoms with Crippen LogP contribution in [-0.2, 0) is 11.3 Å². The molecule has 1 aliphatic heterocycles. The zero-order valence-corrected chi connectivity index (χ0v) is 17.2. The molecule has 1 aliphatic rings. The summed E-state index contributed by atoms with van der Waals surface area (Å²) in [6.45, 7) is 2.58. The first-order chi connectivity index (χ1) is 14.7. The van der Waals surface area contributed by atoms with E-state index in [-0.39, 0.29) is 5.56 Å². The molecule has 1 saturated heterocycles. The second-order valence-corrected chi connectivity index (χ2v) is 7.31. The number of aromatic nitrogens is 2. The number of nitrogens with one attached hydrogen (secondary N) is 1. The number of carbonyl (C=O) groups excluding carboxylic acids is 2. The average Bonchev–Trinajstić information content (AvgIpc) is 3.26. The third kappa shape index (κ3) is 5.26. The second kappa shape index (κ2) is 8.97. The van der Waals surface area contributed by atoms with Gasteiger partial charge in [0.15, 0.2) is 0 Å². The minimum absolute atomic E-state index is 0.282. The molecule has 9 heteroatoms. The van der Waals surface area contributed by atoms with Crippen molar-refractivity contribution in [2.24, 2.45) is 0 Å². The van der Waals surface area contributed by atoms with E-state index in [9.17, 15) is 18.4 Å². The fraction of sp³-hybridized carbons (Fsp3) is 0.364. The highest BCUT2D eigenvalue weighted by Gasteiger charge is 2.47. The van der Waals surface area contributed by atoms with E-state index >= 15 is 0 Å². The highest BCUT2D eigenvalue weighted by atomic mass is 19.3. The van der Waals surface area contributed by atoms with Crippen molar-refractivity contribution < 1.29 is 18.4 Å². The molecule has 0 radical (unpaired) electrons. The molecule has 0 spiro atoms. The number of rotatable bonds is 5. The number of alkyl halides is 2. The summed E-state index contributed by atoms with van der Waals surface area (Å²) in [7, 11) is 0. The summed E-state index contributed by atoms with van der Waals surface area (Å²) in [5.41, 5.74) is 2.64. The van der Waals surface area contributed by atoms with Crippen LogP contribution in [0.5, 0.6) is 0 Å². The van der Waals surface area contributed by atoms with Crippen LogP contribution in [0.25, 0.3) is 0 Å². The van der Waals surface area contributed by atoms with Gasteiger partial charge in [0, 0.05) is 18.2 Å². The summed E-state index contributed by atoms with van der Waals surface area (Å²) in [4.78, 5) is 25.5. The topological polar surface area (TPSA) is 91.0 Å². The molecular weight excluding hydrogens is 404 g/mol. The third-order valence-electron chi connectivity index (χ3n) is 4.90. The monoisotopic (exact) mass is 425 g/mol. The zero-order chi connectivity index (χ0) is 22.6. The van der Waals surface area contributed by atoms with E-state index in [0.717, 1.165) is 16.0 Å². The summed E-state index contributed by atoms with van der Waals surface area (Å²) in [5, 5.41) is 15.8. The molecule has 2 heterocycles. The van der Waals surface area contributed by atoms with E-state index in [0.29, 0.717) is 12.2 Å². The number of benzene rings is 1. The van der Waals surface area contributed by atoms with Crippen molar-refractivity contribution in [3.05, 3.63) is 52.8 Å². The molecule has 0 unspecified atom stereocenters. The maximum absolute atomic E-state index is 13.5. The summed E-state index contributed by atoms with van der Waals surface area (Å²) >= 11 is 0. The Bertz CT molecular complexity index is 1090. The summed E-state index contributed by atoms with van der Waals surface area (Å²) < 4.78 is 28.6. The number of hydrogen-bond acceptors (Lipinski definition) is 4. The maximum Gasteiger partial charge on any atom is 0.268 e. The van der Waals surface area contributed by atoms with Crippen molar-refractivity contribution in [1.29, 1.82) is 5.26 Å². The van der Waals surface area contributed by atoms with Crippen LogP contribution in [0.1, 0.15) is 40.5 Å². The molecule has 1 N–H and O–H groups in total. The van der Waals surface area contributed by atoms with Crippen LogP contribution in [0.3, 0.4) is 0 Å². The highest BCUT2D eigenvalue weighted by Crippen LogP contribution is 2.31. The molecular formula is C22H21F2N5O2. The first-order valence-corrected chi connectivity index (χ1v) is 9.63. The van der Waals surface area contributed by atoms with Crippen LogP contribution in [0.4, 0.5) is 8.78 Å². The smallest absolute Gasteiger partial charge is 0.268 e. The van der Waals surface area contributed by atoms with Gasteiger partial charge in [-0.1, -0.05) is 18.1 Å². The normalized spacial score (nSPS) is 16.9. The van der Waals surface area contributed by atoms with Gasteiger partial charge in [0.05, 0.1) is 37.0 Å². The maximum atomic E-state index is 13.5.